The molecule has 0 fully saturated rings. The van der Waals surface area contributed by atoms with Crippen molar-refractivity contribution in [2.24, 2.45) is 0 Å². The van der Waals surface area contributed by atoms with E-state index >= 15 is 0 Å². The van der Waals surface area contributed by atoms with E-state index in [1.165, 1.54) is 0 Å². The van der Waals surface area contributed by atoms with E-state index in [0.717, 1.165) is 10.9 Å². The molecule has 0 aliphatic heterocycles. The number of hydrogen-bond acceptors (Lipinski definition) is 2. The number of Topliss-reactive ketones (excluding diaryl/α,β-unsaturated/α-hetero) is 1. The van der Waals surface area contributed by atoms with Crippen molar-refractivity contribution >= 4 is 28.3 Å². The van der Waals surface area contributed by atoms with Gasteiger partial charge in [-0.1, -0.05) is 18.2 Å². The number of benzene rings is 1. The van der Waals surface area contributed by atoms with Gasteiger partial charge in [0.25, 0.3) is 0 Å². The first kappa shape index (κ1) is 11.1. The van der Waals surface area contributed by atoms with Gasteiger partial charge in [0.05, 0.1) is 5.52 Å². The summed E-state index contributed by atoms with van der Waals surface area (Å²) in [6.07, 6.45) is 2.84. The van der Waals surface area contributed by atoms with Crippen molar-refractivity contribution in [1.29, 1.82) is 0 Å². The second-order valence-electron chi connectivity index (χ2n) is 3.63. The van der Waals surface area contributed by atoms with Crippen molar-refractivity contribution < 1.29 is 4.79 Å². The molecule has 2 rings (SSSR count). The molecule has 1 aromatic carbocycles. The third-order valence-electron chi connectivity index (χ3n) is 2.45. The molecule has 2 nitrogen and oxygen atoms in total. The van der Waals surface area contributed by atoms with Gasteiger partial charge in [-0.3, -0.25) is 9.78 Å². The lowest BCUT2D eigenvalue weighted by molar-refractivity contribution is 0.0982. The molecule has 0 unspecified atom stereocenters. The Kier molecular flexibility index (Phi) is 3.52. The zero-order chi connectivity index (χ0) is 11.4. The second kappa shape index (κ2) is 5.08. The Morgan fingerprint density at radius 3 is 2.94 bits per heavy atom. The lowest BCUT2D eigenvalue weighted by Gasteiger charge is -2.01. The highest BCUT2D eigenvalue weighted by Crippen LogP contribution is 2.14. The zero-order valence-corrected chi connectivity index (χ0v) is 9.57. The molecule has 82 valence electrons. The monoisotopic (exact) mass is 233 g/mol. The largest absolute Gasteiger partial charge is 0.294 e. The molecule has 0 saturated heterocycles. The molecule has 3 heteroatoms. The number of carbonyl (C=O) groups is 1. The Morgan fingerprint density at radius 2 is 2.12 bits per heavy atom. The van der Waals surface area contributed by atoms with Gasteiger partial charge in [0.2, 0.25) is 0 Å². The van der Waals surface area contributed by atoms with E-state index in [9.17, 15) is 4.79 Å². The van der Waals surface area contributed by atoms with Crippen molar-refractivity contribution in [1.82, 2.24) is 4.98 Å². The summed E-state index contributed by atoms with van der Waals surface area (Å²) in [5, 5.41) is 0.999. The summed E-state index contributed by atoms with van der Waals surface area (Å²) >= 11 is 5.56. The number of hydrogen-bond donors (Lipinski definition) is 0. The molecule has 16 heavy (non-hydrogen) atoms. The quantitative estimate of drug-likeness (QED) is 0.598. The highest BCUT2D eigenvalue weighted by molar-refractivity contribution is 6.18. The van der Waals surface area contributed by atoms with Crippen LogP contribution in [-0.2, 0) is 0 Å². The van der Waals surface area contributed by atoms with Crippen LogP contribution >= 0.6 is 11.6 Å². The van der Waals surface area contributed by atoms with Crippen LogP contribution in [0.3, 0.4) is 0 Å². The van der Waals surface area contributed by atoms with E-state index in [1.807, 2.05) is 30.3 Å². The molecule has 0 atom stereocenters. The van der Waals surface area contributed by atoms with Crippen LogP contribution in [0.1, 0.15) is 23.2 Å². The van der Waals surface area contributed by atoms with Crippen molar-refractivity contribution in [2.45, 2.75) is 12.8 Å². The minimum Gasteiger partial charge on any atom is -0.294 e. The average molecular weight is 234 g/mol. The van der Waals surface area contributed by atoms with E-state index in [-0.39, 0.29) is 5.78 Å². The van der Waals surface area contributed by atoms with Gasteiger partial charge in [0.1, 0.15) is 0 Å². The number of rotatable bonds is 4. The van der Waals surface area contributed by atoms with Crippen LogP contribution in [0.2, 0.25) is 0 Å². The summed E-state index contributed by atoms with van der Waals surface area (Å²) in [6.45, 7) is 0. The molecule has 0 N–H and O–H groups in total. The van der Waals surface area contributed by atoms with E-state index < -0.39 is 0 Å². The summed E-state index contributed by atoms with van der Waals surface area (Å²) in [5.74, 6) is 0.631. The maximum absolute atomic E-state index is 11.7. The van der Waals surface area contributed by atoms with Crippen molar-refractivity contribution in [2.75, 3.05) is 5.88 Å². The minimum atomic E-state index is 0.110. The summed E-state index contributed by atoms with van der Waals surface area (Å²) in [4.78, 5) is 16.0. The van der Waals surface area contributed by atoms with Crippen LogP contribution < -0.4 is 0 Å². The number of ketones is 1. The molecule has 2 aromatic rings. The van der Waals surface area contributed by atoms with Crippen molar-refractivity contribution in [3.8, 4) is 0 Å². The molecule has 0 aliphatic carbocycles. The number of aromatic nitrogens is 1. The Morgan fingerprint density at radius 1 is 1.31 bits per heavy atom. The maximum Gasteiger partial charge on any atom is 0.164 e. The van der Waals surface area contributed by atoms with Gasteiger partial charge in [-0.25, -0.2) is 0 Å². The van der Waals surface area contributed by atoms with Crippen LogP contribution in [0.4, 0.5) is 0 Å². The second-order valence-corrected chi connectivity index (χ2v) is 4.01. The van der Waals surface area contributed by atoms with Gasteiger partial charge in [-0.2, -0.15) is 0 Å². The number of halogens is 1. The van der Waals surface area contributed by atoms with Crippen LogP contribution in [-0.4, -0.2) is 16.6 Å². The fraction of sp³-hybridized carbons (Fsp3) is 0.231. The number of pyridine rings is 1. The van der Waals surface area contributed by atoms with Gasteiger partial charge in [-0.05, 0) is 18.6 Å². The average Bonchev–Trinajstić information content (AvgIpc) is 2.35. The molecule has 0 spiro atoms. The lowest BCUT2D eigenvalue weighted by atomic mass is 10.1. The molecule has 0 aliphatic rings. The van der Waals surface area contributed by atoms with E-state index in [2.05, 4.69) is 4.98 Å². The smallest absolute Gasteiger partial charge is 0.164 e. The summed E-state index contributed by atoms with van der Waals surface area (Å²) in [6, 6.07) is 9.66. The summed E-state index contributed by atoms with van der Waals surface area (Å²) in [7, 11) is 0. The molecule has 0 radical (unpaired) electrons. The summed E-state index contributed by atoms with van der Waals surface area (Å²) < 4.78 is 0. The first-order valence-corrected chi connectivity index (χ1v) is 5.78. The Balaban J connectivity index is 2.28. The highest BCUT2D eigenvalue weighted by atomic mass is 35.5. The van der Waals surface area contributed by atoms with Crippen LogP contribution in [0.5, 0.6) is 0 Å². The van der Waals surface area contributed by atoms with E-state index in [1.54, 1.807) is 6.20 Å². The zero-order valence-electron chi connectivity index (χ0n) is 8.82. The van der Waals surface area contributed by atoms with Crippen LogP contribution in [0.15, 0.2) is 36.5 Å². The number of para-hydroxylation sites is 1. The minimum absolute atomic E-state index is 0.110. The normalized spacial score (nSPS) is 10.6. The number of carbonyl (C=O) groups excluding carboxylic acids is 1. The maximum atomic E-state index is 11.7. The Labute approximate surface area is 99.3 Å². The number of alkyl halides is 1. The van der Waals surface area contributed by atoms with Gasteiger partial charge < -0.3 is 0 Å². The van der Waals surface area contributed by atoms with E-state index in [4.69, 9.17) is 11.6 Å². The Bertz CT molecular complexity index is 510. The predicted octanol–water partition coefficient (Wildman–Crippen LogP) is 3.44. The molecule has 0 saturated carbocycles. The van der Waals surface area contributed by atoms with Crippen molar-refractivity contribution in [3.05, 3.63) is 42.1 Å². The lowest BCUT2D eigenvalue weighted by Crippen LogP contribution is -2.00. The molecule has 1 aromatic heterocycles. The van der Waals surface area contributed by atoms with Crippen LogP contribution in [0, 0.1) is 0 Å². The SMILES string of the molecule is O=C(CCCCl)c1cnc2ccccc2c1. The fourth-order valence-electron chi connectivity index (χ4n) is 1.60. The molecular weight excluding hydrogens is 222 g/mol. The fourth-order valence-corrected chi connectivity index (χ4v) is 1.73. The first-order chi connectivity index (χ1) is 7.81. The third-order valence-corrected chi connectivity index (χ3v) is 2.72. The first-order valence-electron chi connectivity index (χ1n) is 5.25. The van der Waals surface area contributed by atoms with Gasteiger partial charge in [-0.15, -0.1) is 11.6 Å². The molecule has 0 amide bonds. The third kappa shape index (κ3) is 2.39. The highest BCUT2D eigenvalue weighted by Gasteiger charge is 2.06. The van der Waals surface area contributed by atoms with E-state index in [0.29, 0.717) is 24.3 Å². The Hall–Kier alpha value is -1.41. The number of nitrogens with zero attached hydrogens (tertiary/aromatic N) is 1. The predicted molar refractivity (Wildman–Crippen MR) is 66.0 cm³/mol. The van der Waals surface area contributed by atoms with Gasteiger partial charge >= 0.3 is 0 Å². The molecular formula is C13H12ClNO. The van der Waals surface area contributed by atoms with Gasteiger partial charge in [0.15, 0.2) is 5.78 Å². The van der Waals surface area contributed by atoms with Crippen LogP contribution in [0.25, 0.3) is 10.9 Å². The standard InChI is InChI=1S/C13H12ClNO/c14-7-3-6-13(16)11-8-10-4-1-2-5-12(10)15-9-11/h1-2,4-5,8-9H,3,6-7H2. The molecule has 0 bridgehead atoms. The summed E-state index contributed by atoms with van der Waals surface area (Å²) in [5.41, 5.74) is 1.58. The molecule has 1 heterocycles. The number of fused-ring (bicyclic) bond motifs is 1. The topological polar surface area (TPSA) is 30.0 Å². The van der Waals surface area contributed by atoms with Gasteiger partial charge in [0, 0.05) is 29.4 Å². The van der Waals surface area contributed by atoms with Crippen molar-refractivity contribution in [3.63, 3.8) is 0 Å².